The Labute approximate surface area is 128 Å². The van der Waals surface area contributed by atoms with Gasteiger partial charge in [-0.2, -0.15) is 0 Å². The number of aromatic carboxylic acids is 1. The highest BCUT2D eigenvalue weighted by Gasteiger charge is 2.21. The van der Waals surface area contributed by atoms with Crippen molar-refractivity contribution in [3.8, 4) is 11.4 Å². The van der Waals surface area contributed by atoms with Crippen LogP contribution in [-0.2, 0) is 6.54 Å². The van der Waals surface area contributed by atoms with Crippen LogP contribution in [0.4, 0.5) is 0 Å². The molecule has 0 radical (unpaired) electrons. The number of aromatic hydroxyl groups is 1. The Hall–Kier alpha value is -2.41. The van der Waals surface area contributed by atoms with Gasteiger partial charge >= 0.3 is 5.97 Å². The van der Waals surface area contributed by atoms with Crippen molar-refractivity contribution >= 4 is 5.97 Å². The summed E-state index contributed by atoms with van der Waals surface area (Å²) in [7, 11) is 0. The summed E-state index contributed by atoms with van der Waals surface area (Å²) in [5.74, 6) is -1.24. The van der Waals surface area contributed by atoms with Gasteiger partial charge in [-0.3, -0.25) is 0 Å². The molecule has 118 valence electrons. The molecule has 0 saturated carbocycles. The van der Waals surface area contributed by atoms with E-state index >= 15 is 0 Å². The summed E-state index contributed by atoms with van der Waals surface area (Å²) in [6, 6.07) is 4.35. The minimum absolute atomic E-state index is 0.169. The number of rotatable bonds is 6. The van der Waals surface area contributed by atoms with Gasteiger partial charge in [0.25, 0.3) is 0 Å². The second-order valence-corrected chi connectivity index (χ2v) is 5.06. The summed E-state index contributed by atoms with van der Waals surface area (Å²) in [5.41, 5.74) is 7.72. The highest BCUT2D eigenvalue weighted by atomic mass is 16.4. The van der Waals surface area contributed by atoms with Crippen LogP contribution in [0.2, 0.25) is 0 Å². The number of carboxylic acids is 1. The van der Waals surface area contributed by atoms with Crippen LogP contribution < -0.4 is 5.73 Å². The minimum atomic E-state index is -1.19. The van der Waals surface area contributed by atoms with Crippen molar-refractivity contribution in [1.82, 2.24) is 15.0 Å². The molecule has 0 atom stereocenters. The van der Waals surface area contributed by atoms with E-state index in [0.717, 1.165) is 18.5 Å². The van der Waals surface area contributed by atoms with Crippen molar-refractivity contribution in [2.24, 2.45) is 5.73 Å². The van der Waals surface area contributed by atoms with Crippen molar-refractivity contribution in [1.29, 1.82) is 0 Å². The molecule has 2 rings (SSSR count). The van der Waals surface area contributed by atoms with Gasteiger partial charge in [-0.25, -0.2) is 9.48 Å². The van der Waals surface area contributed by atoms with E-state index < -0.39 is 5.97 Å². The lowest BCUT2D eigenvalue weighted by Gasteiger charge is -2.16. The average molecular weight is 304 g/mol. The smallest absolute Gasteiger partial charge is 0.339 e. The van der Waals surface area contributed by atoms with Crippen molar-refractivity contribution in [3.05, 3.63) is 35.2 Å². The van der Waals surface area contributed by atoms with Crippen LogP contribution in [0.25, 0.3) is 5.69 Å². The molecule has 0 unspecified atom stereocenters. The monoisotopic (exact) mass is 304 g/mol. The quantitative estimate of drug-likeness (QED) is 0.752. The highest BCUT2D eigenvalue weighted by molar-refractivity contribution is 5.91. The van der Waals surface area contributed by atoms with Gasteiger partial charge in [0.15, 0.2) is 0 Å². The normalized spacial score (nSPS) is 11.1. The number of aromatic nitrogens is 3. The summed E-state index contributed by atoms with van der Waals surface area (Å²) in [6.45, 7) is 4.42. The predicted molar refractivity (Wildman–Crippen MR) is 81.2 cm³/mol. The van der Waals surface area contributed by atoms with Crippen LogP contribution in [0.3, 0.4) is 0 Å². The molecule has 1 aromatic heterocycles. The molecule has 4 N–H and O–H groups in total. The van der Waals surface area contributed by atoms with Gasteiger partial charge in [0.1, 0.15) is 17.0 Å². The maximum absolute atomic E-state index is 11.2. The van der Waals surface area contributed by atoms with Gasteiger partial charge in [0.2, 0.25) is 0 Å². The number of nitrogens with zero attached hydrogens (tertiary/aromatic N) is 3. The van der Waals surface area contributed by atoms with Crippen LogP contribution in [0.15, 0.2) is 18.2 Å². The molecule has 22 heavy (non-hydrogen) atoms. The van der Waals surface area contributed by atoms with E-state index in [4.69, 9.17) is 10.8 Å². The zero-order valence-electron chi connectivity index (χ0n) is 12.7. The molecule has 0 fully saturated rings. The standard InChI is InChI=1S/C15H20N4O3/c1-3-9(4-2)14-12(8-16)17-18-19(14)10-5-6-13(20)11(7-10)15(21)22/h5-7,9,20H,3-4,8,16H2,1-2H3,(H,21,22). The number of carbonyl (C=O) groups is 1. The van der Waals surface area contributed by atoms with E-state index in [9.17, 15) is 9.90 Å². The van der Waals surface area contributed by atoms with E-state index in [-0.39, 0.29) is 23.8 Å². The molecule has 0 spiro atoms. The number of phenols is 1. The molecular formula is C15H20N4O3. The number of benzene rings is 1. The van der Waals surface area contributed by atoms with Gasteiger partial charge in [0, 0.05) is 12.5 Å². The van der Waals surface area contributed by atoms with Crippen molar-refractivity contribution in [2.45, 2.75) is 39.2 Å². The Morgan fingerprint density at radius 3 is 2.59 bits per heavy atom. The lowest BCUT2D eigenvalue weighted by atomic mass is 9.97. The minimum Gasteiger partial charge on any atom is -0.507 e. The van der Waals surface area contributed by atoms with Gasteiger partial charge in [0.05, 0.1) is 11.4 Å². The molecule has 0 aliphatic rings. The van der Waals surface area contributed by atoms with Gasteiger partial charge in [-0.15, -0.1) is 5.10 Å². The predicted octanol–water partition coefficient (Wildman–Crippen LogP) is 2.03. The van der Waals surface area contributed by atoms with Crippen LogP contribution in [0.1, 0.15) is 54.4 Å². The molecule has 0 bridgehead atoms. The van der Waals surface area contributed by atoms with Crippen molar-refractivity contribution in [2.75, 3.05) is 0 Å². The molecule has 0 aliphatic heterocycles. The Balaban J connectivity index is 2.60. The van der Waals surface area contributed by atoms with Crippen LogP contribution in [-0.4, -0.2) is 31.2 Å². The first-order valence-corrected chi connectivity index (χ1v) is 7.24. The fourth-order valence-electron chi connectivity index (χ4n) is 2.57. The number of carboxylic acid groups (broad SMARTS) is 1. The molecule has 7 heteroatoms. The summed E-state index contributed by atoms with van der Waals surface area (Å²) in [5, 5.41) is 27.0. The zero-order valence-corrected chi connectivity index (χ0v) is 12.7. The van der Waals surface area contributed by atoms with E-state index in [1.54, 1.807) is 10.7 Å². The van der Waals surface area contributed by atoms with Gasteiger partial charge < -0.3 is 15.9 Å². The number of hydrogen-bond acceptors (Lipinski definition) is 5. The number of hydrogen-bond donors (Lipinski definition) is 3. The van der Waals surface area contributed by atoms with Crippen LogP contribution in [0, 0.1) is 0 Å². The summed E-state index contributed by atoms with van der Waals surface area (Å²) in [4.78, 5) is 11.2. The van der Waals surface area contributed by atoms with Gasteiger partial charge in [-0.1, -0.05) is 19.1 Å². The van der Waals surface area contributed by atoms with E-state index in [0.29, 0.717) is 11.4 Å². The van der Waals surface area contributed by atoms with Crippen molar-refractivity contribution in [3.63, 3.8) is 0 Å². The molecule has 1 aromatic carbocycles. The lowest BCUT2D eigenvalue weighted by molar-refractivity contribution is 0.0693. The Bertz CT molecular complexity index is 677. The Morgan fingerprint density at radius 2 is 2.05 bits per heavy atom. The Morgan fingerprint density at radius 1 is 1.36 bits per heavy atom. The molecule has 0 amide bonds. The van der Waals surface area contributed by atoms with E-state index in [1.807, 2.05) is 0 Å². The maximum Gasteiger partial charge on any atom is 0.339 e. The second-order valence-electron chi connectivity index (χ2n) is 5.06. The topological polar surface area (TPSA) is 114 Å². The third-order valence-electron chi connectivity index (χ3n) is 3.80. The third kappa shape index (κ3) is 2.80. The van der Waals surface area contributed by atoms with Crippen molar-refractivity contribution < 1.29 is 15.0 Å². The molecule has 0 aliphatic carbocycles. The SMILES string of the molecule is CCC(CC)c1c(CN)nnn1-c1ccc(O)c(C(=O)O)c1. The molecule has 7 nitrogen and oxygen atoms in total. The van der Waals surface area contributed by atoms with E-state index in [1.165, 1.54) is 12.1 Å². The van der Waals surface area contributed by atoms with E-state index in [2.05, 4.69) is 24.2 Å². The Kier molecular flexibility index (Phi) is 4.77. The summed E-state index contributed by atoms with van der Waals surface area (Å²) >= 11 is 0. The fraction of sp³-hybridized carbons (Fsp3) is 0.400. The zero-order chi connectivity index (χ0) is 16.3. The van der Waals surface area contributed by atoms with Crippen LogP contribution in [0.5, 0.6) is 5.75 Å². The van der Waals surface area contributed by atoms with Gasteiger partial charge in [-0.05, 0) is 31.0 Å². The molecular weight excluding hydrogens is 284 g/mol. The largest absolute Gasteiger partial charge is 0.507 e. The molecule has 0 saturated heterocycles. The molecule has 2 aromatic rings. The first-order valence-electron chi connectivity index (χ1n) is 7.24. The maximum atomic E-state index is 11.2. The molecule has 1 heterocycles. The highest BCUT2D eigenvalue weighted by Crippen LogP contribution is 2.29. The summed E-state index contributed by atoms with van der Waals surface area (Å²) < 4.78 is 1.62. The first-order chi connectivity index (χ1) is 10.5. The second kappa shape index (κ2) is 6.57. The lowest BCUT2D eigenvalue weighted by Crippen LogP contribution is -2.11. The third-order valence-corrected chi connectivity index (χ3v) is 3.80. The summed E-state index contributed by atoms with van der Waals surface area (Å²) in [6.07, 6.45) is 1.81. The fourth-order valence-corrected chi connectivity index (χ4v) is 2.57. The number of nitrogens with two attached hydrogens (primary N) is 1. The first kappa shape index (κ1) is 16.0. The van der Waals surface area contributed by atoms with Crippen LogP contribution >= 0.6 is 0 Å². The average Bonchev–Trinajstić information content (AvgIpc) is 2.93.